The first-order chi connectivity index (χ1) is 8.96. The van der Waals surface area contributed by atoms with Crippen LogP contribution >= 0.6 is 0 Å². The molecule has 1 aromatic rings. The highest BCUT2D eigenvalue weighted by atomic mass is 15.2. The lowest BCUT2D eigenvalue weighted by Gasteiger charge is -2.29. The third-order valence-electron chi connectivity index (χ3n) is 3.68. The molecule has 1 aliphatic heterocycles. The van der Waals surface area contributed by atoms with Gasteiger partial charge in [-0.25, -0.2) is 0 Å². The van der Waals surface area contributed by atoms with Crippen LogP contribution in [0, 0.1) is 6.92 Å². The summed E-state index contributed by atoms with van der Waals surface area (Å²) in [5, 5.41) is 0. The average Bonchev–Trinajstić information content (AvgIpc) is 2.53. The van der Waals surface area contributed by atoms with E-state index in [1.54, 1.807) is 0 Å². The topological polar surface area (TPSA) is 32.5 Å². The number of hydrogen-bond acceptors (Lipinski definition) is 3. The molecule has 0 unspecified atom stereocenters. The summed E-state index contributed by atoms with van der Waals surface area (Å²) in [6.45, 7) is 11.9. The van der Waals surface area contributed by atoms with Crippen LogP contribution in [0.1, 0.15) is 25.8 Å². The first-order valence-electron chi connectivity index (χ1n) is 7.27. The fourth-order valence-corrected chi connectivity index (χ4v) is 2.86. The average molecular weight is 261 g/mol. The van der Waals surface area contributed by atoms with E-state index in [2.05, 4.69) is 54.8 Å². The molecule has 0 atom stereocenters. The van der Waals surface area contributed by atoms with E-state index in [0.29, 0.717) is 0 Å². The molecule has 1 aromatic carbocycles. The standard InChI is InChI=1S/C16H27N3/c1-14-7-4-5-8-15(14)19-10-6-9-18(11-12-19)13-16(2,3)17/h4-5,7-8H,6,9-13,17H2,1-3H3. The normalized spacial score (nSPS) is 18.4. The minimum absolute atomic E-state index is 0.0994. The fourth-order valence-electron chi connectivity index (χ4n) is 2.86. The van der Waals surface area contributed by atoms with Gasteiger partial charge in [-0.3, -0.25) is 4.90 Å². The van der Waals surface area contributed by atoms with Crippen LogP contribution in [-0.2, 0) is 0 Å². The predicted molar refractivity (Wildman–Crippen MR) is 82.7 cm³/mol. The van der Waals surface area contributed by atoms with E-state index in [1.807, 2.05) is 0 Å². The maximum Gasteiger partial charge on any atom is 0.0396 e. The van der Waals surface area contributed by atoms with Crippen molar-refractivity contribution in [2.45, 2.75) is 32.7 Å². The summed E-state index contributed by atoms with van der Waals surface area (Å²) < 4.78 is 0. The number of rotatable bonds is 3. The van der Waals surface area contributed by atoms with Crippen molar-refractivity contribution in [1.82, 2.24) is 4.90 Å². The first kappa shape index (κ1) is 14.4. The lowest BCUT2D eigenvalue weighted by molar-refractivity contribution is 0.240. The summed E-state index contributed by atoms with van der Waals surface area (Å²) in [6, 6.07) is 8.67. The van der Waals surface area contributed by atoms with Gasteiger partial charge < -0.3 is 10.6 Å². The Morgan fingerprint density at radius 1 is 1.11 bits per heavy atom. The lowest BCUT2D eigenvalue weighted by Crippen LogP contribution is -2.46. The SMILES string of the molecule is Cc1ccccc1N1CCCN(CC(C)(C)N)CC1. The number of aryl methyl sites for hydroxylation is 1. The molecular formula is C16H27N3. The molecule has 1 fully saturated rings. The minimum atomic E-state index is -0.0994. The van der Waals surface area contributed by atoms with Gasteiger partial charge in [-0.05, 0) is 45.4 Å². The molecule has 1 heterocycles. The van der Waals surface area contributed by atoms with Gasteiger partial charge in [0.15, 0.2) is 0 Å². The van der Waals surface area contributed by atoms with E-state index in [-0.39, 0.29) is 5.54 Å². The number of para-hydroxylation sites is 1. The smallest absolute Gasteiger partial charge is 0.0396 e. The van der Waals surface area contributed by atoms with Crippen molar-refractivity contribution in [3.63, 3.8) is 0 Å². The molecule has 3 nitrogen and oxygen atoms in total. The summed E-state index contributed by atoms with van der Waals surface area (Å²) in [6.07, 6.45) is 1.21. The molecule has 0 saturated carbocycles. The Balaban J connectivity index is 1.99. The highest BCUT2D eigenvalue weighted by molar-refractivity contribution is 5.53. The quantitative estimate of drug-likeness (QED) is 0.906. The van der Waals surface area contributed by atoms with Crippen LogP contribution in [0.3, 0.4) is 0 Å². The number of nitrogens with zero attached hydrogens (tertiary/aromatic N) is 2. The predicted octanol–water partition coefficient (Wildman–Crippen LogP) is 2.24. The third kappa shape index (κ3) is 4.22. The van der Waals surface area contributed by atoms with Crippen molar-refractivity contribution in [1.29, 1.82) is 0 Å². The summed E-state index contributed by atoms with van der Waals surface area (Å²) in [7, 11) is 0. The first-order valence-corrected chi connectivity index (χ1v) is 7.27. The van der Waals surface area contributed by atoms with Crippen molar-refractivity contribution in [3.05, 3.63) is 29.8 Å². The number of anilines is 1. The van der Waals surface area contributed by atoms with Gasteiger partial charge in [0.2, 0.25) is 0 Å². The molecule has 2 rings (SSSR count). The number of benzene rings is 1. The van der Waals surface area contributed by atoms with Gasteiger partial charge in [0.25, 0.3) is 0 Å². The molecule has 1 aliphatic rings. The van der Waals surface area contributed by atoms with Crippen molar-refractivity contribution in [2.75, 3.05) is 37.6 Å². The van der Waals surface area contributed by atoms with Gasteiger partial charge in [0, 0.05) is 37.4 Å². The summed E-state index contributed by atoms with van der Waals surface area (Å²) in [5.41, 5.74) is 8.79. The van der Waals surface area contributed by atoms with Gasteiger partial charge in [-0.1, -0.05) is 18.2 Å². The molecular weight excluding hydrogens is 234 g/mol. The van der Waals surface area contributed by atoms with Gasteiger partial charge in [-0.15, -0.1) is 0 Å². The Morgan fingerprint density at radius 3 is 2.53 bits per heavy atom. The zero-order valence-electron chi connectivity index (χ0n) is 12.5. The molecule has 0 aliphatic carbocycles. The zero-order chi connectivity index (χ0) is 13.9. The van der Waals surface area contributed by atoms with Gasteiger partial charge in [-0.2, -0.15) is 0 Å². The largest absolute Gasteiger partial charge is 0.370 e. The maximum atomic E-state index is 6.13. The number of hydrogen-bond donors (Lipinski definition) is 1. The van der Waals surface area contributed by atoms with E-state index in [0.717, 1.165) is 32.7 Å². The van der Waals surface area contributed by atoms with Crippen LogP contribution in [0.2, 0.25) is 0 Å². The second-order valence-electron chi connectivity index (χ2n) is 6.39. The van der Waals surface area contributed by atoms with Crippen molar-refractivity contribution in [2.24, 2.45) is 5.73 Å². The Kier molecular flexibility index (Phi) is 4.48. The summed E-state index contributed by atoms with van der Waals surface area (Å²) in [5.74, 6) is 0. The van der Waals surface area contributed by atoms with E-state index < -0.39 is 0 Å². The Morgan fingerprint density at radius 2 is 1.84 bits per heavy atom. The van der Waals surface area contributed by atoms with Crippen LogP contribution in [0.5, 0.6) is 0 Å². The summed E-state index contributed by atoms with van der Waals surface area (Å²) in [4.78, 5) is 5.01. The molecule has 1 saturated heterocycles. The Hall–Kier alpha value is -1.06. The summed E-state index contributed by atoms with van der Waals surface area (Å²) >= 11 is 0. The molecule has 0 amide bonds. The molecule has 0 aromatic heterocycles. The lowest BCUT2D eigenvalue weighted by atomic mass is 10.1. The van der Waals surface area contributed by atoms with E-state index in [4.69, 9.17) is 5.73 Å². The van der Waals surface area contributed by atoms with Crippen LogP contribution in [-0.4, -0.2) is 43.2 Å². The van der Waals surface area contributed by atoms with Crippen LogP contribution in [0.25, 0.3) is 0 Å². The van der Waals surface area contributed by atoms with Crippen LogP contribution in [0.15, 0.2) is 24.3 Å². The van der Waals surface area contributed by atoms with Crippen molar-refractivity contribution >= 4 is 5.69 Å². The zero-order valence-corrected chi connectivity index (χ0v) is 12.5. The highest BCUT2D eigenvalue weighted by Crippen LogP contribution is 2.21. The Labute approximate surface area is 117 Å². The molecule has 0 bridgehead atoms. The van der Waals surface area contributed by atoms with Gasteiger partial charge in [0.05, 0.1) is 0 Å². The third-order valence-corrected chi connectivity index (χ3v) is 3.68. The van der Waals surface area contributed by atoms with Gasteiger partial charge >= 0.3 is 0 Å². The molecule has 0 radical (unpaired) electrons. The number of nitrogens with two attached hydrogens (primary N) is 1. The fraction of sp³-hybridized carbons (Fsp3) is 0.625. The van der Waals surface area contributed by atoms with Crippen LogP contribution in [0.4, 0.5) is 5.69 Å². The molecule has 106 valence electrons. The van der Waals surface area contributed by atoms with E-state index in [1.165, 1.54) is 17.7 Å². The molecule has 2 N–H and O–H groups in total. The second kappa shape index (κ2) is 5.93. The highest BCUT2D eigenvalue weighted by Gasteiger charge is 2.20. The van der Waals surface area contributed by atoms with E-state index in [9.17, 15) is 0 Å². The monoisotopic (exact) mass is 261 g/mol. The van der Waals surface area contributed by atoms with E-state index >= 15 is 0 Å². The second-order valence-corrected chi connectivity index (χ2v) is 6.39. The molecule has 0 spiro atoms. The van der Waals surface area contributed by atoms with Crippen molar-refractivity contribution < 1.29 is 0 Å². The Bertz CT molecular complexity index is 409. The molecule has 19 heavy (non-hydrogen) atoms. The van der Waals surface area contributed by atoms with Crippen LogP contribution < -0.4 is 10.6 Å². The maximum absolute atomic E-state index is 6.13. The minimum Gasteiger partial charge on any atom is -0.370 e. The molecule has 3 heteroatoms. The van der Waals surface area contributed by atoms with Crippen molar-refractivity contribution in [3.8, 4) is 0 Å². The van der Waals surface area contributed by atoms with Gasteiger partial charge in [0.1, 0.15) is 0 Å².